The summed E-state index contributed by atoms with van der Waals surface area (Å²) in [5.74, 6) is 0.375. The molecule has 0 aromatic carbocycles. The Hall–Kier alpha value is -0.234. The molecule has 5 heteroatoms. The van der Waals surface area contributed by atoms with Gasteiger partial charge >= 0.3 is 186 Å². The van der Waals surface area contributed by atoms with Crippen LogP contribution in [0, 0.1) is 5.92 Å². The number of nitrogens with zero attached hydrogens (tertiary/aromatic N) is 1. The molecule has 0 radical (unpaired) electrons. The van der Waals surface area contributed by atoms with E-state index in [-0.39, 0.29) is 12.1 Å². The van der Waals surface area contributed by atoms with Gasteiger partial charge in [0.05, 0.1) is 0 Å². The Balaban J connectivity index is 2.48. The zero-order valence-corrected chi connectivity index (χ0v) is 23.8. The van der Waals surface area contributed by atoms with E-state index in [9.17, 15) is 4.79 Å². The van der Waals surface area contributed by atoms with Crippen molar-refractivity contribution in [3.05, 3.63) is 21.4 Å². The molecule has 0 saturated carbocycles. The van der Waals surface area contributed by atoms with Gasteiger partial charge in [-0.3, -0.25) is 0 Å². The molecule has 29 heavy (non-hydrogen) atoms. The number of rotatable bonds is 12. The van der Waals surface area contributed by atoms with Gasteiger partial charge < -0.3 is 0 Å². The van der Waals surface area contributed by atoms with Gasteiger partial charge in [-0.1, -0.05) is 0 Å². The van der Waals surface area contributed by atoms with E-state index < -0.39 is 26.5 Å². The maximum atomic E-state index is 12.4. The monoisotopic (exact) mass is 527 g/mol. The molecule has 1 unspecified atom stereocenters. The fourth-order valence-corrected chi connectivity index (χ4v) is 21.9. The minimum atomic E-state index is -2.45. The molecule has 2 saturated heterocycles. The van der Waals surface area contributed by atoms with Crippen LogP contribution in [0.15, 0.2) is 21.4 Å². The number of carbonyl (C=O) groups excluding carboxylic acids is 1. The second-order valence-electron chi connectivity index (χ2n) is 10.4. The molecule has 3 nitrogen and oxygen atoms in total. The first kappa shape index (κ1) is 25.0. The molecule has 2 aliphatic rings. The third-order valence-corrected chi connectivity index (χ3v) is 23.6. The average Bonchev–Trinajstić information content (AvgIpc) is 3.21. The average molecular weight is 526 g/mol. The standard InChI is InChI=1S/C12H18NO2Si.3C4H9.Sn/c1-8-10(9(2)16(3,4)5)6-13-11(8)7-15-12(13)14;3*1-3-4-2;/h1,10-11H,2,6-7H2,3-5H3;3*1,3-4H2,2H3;/t10?,11-;;;;/m1..../s1. The molecular weight excluding hydrogens is 481 g/mol. The Morgan fingerprint density at radius 2 is 1.62 bits per heavy atom. The van der Waals surface area contributed by atoms with Crippen molar-refractivity contribution in [1.82, 2.24) is 4.90 Å². The summed E-state index contributed by atoms with van der Waals surface area (Å²) in [4.78, 5) is 14.4. The van der Waals surface area contributed by atoms with E-state index in [0.717, 1.165) is 6.54 Å². The normalized spacial score (nSPS) is 23.6. The van der Waals surface area contributed by atoms with Crippen LogP contribution in [-0.4, -0.2) is 56.6 Å². The van der Waals surface area contributed by atoms with Crippen molar-refractivity contribution in [2.24, 2.45) is 5.92 Å². The van der Waals surface area contributed by atoms with Crippen molar-refractivity contribution in [3.63, 3.8) is 0 Å². The second-order valence-corrected chi connectivity index (χ2v) is 28.4. The predicted molar refractivity (Wildman–Crippen MR) is 131 cm³/mol. The fourth-order valence-electron chi connectivity index (χ4n) is 5.03. The van der Waals surface area contributed by atoms with Gasteiger partial charge in [0, 0.05) is 0 Å². The molecule has 2 rings (SSSR count). The fraction of sp³-hybridized carbons (Fsp3) is 0.792. The molecule has 2 fully saturated rings. The summed E-state index contributed by atoms with van der Waals surface area (Å²) in [6, 6.07) is 0.182. The quantitative estimate of drug-likeness (QED) is 0.252. The number of hydrogen-bond acceptors (Lipinski definition) is 2. The molecule has 0 aromatic heterocycles. The van der Waals surface area contributed by atoms with Gasteiger partial charge in [-0.25, -0.2) is 0 Å². The Morgan fingerprint density at radius 1 is 1.10 bits per heavy atom. The molecular formula is C24H45NO2SiSn. The van der Waals surface area contributed by atoms with Crippen molar-refractivity contribution in [1.29, 1.82) is 0 Å². The van der Waals surface area contributed by atoms with E-state index in [1.807, 2.05) is 4.90 Å². The molecule has 166 valence electrons. The predicted octanol–water partition coefficient (Wildman–Crippen LogP) is 7.19. The van der Waals surface area contributed by atoms with Crippen molar-refractivity contribution in [3.8, 4) is 0 Å². The van der Waals surface area contributed by atoms with E-state index in [4.69, 9.17) is 4.74 Å². The van der Waals surface area contributed by atoms with Crippen LogP contribution in [0.2, 0.25) is 33.0 Å². The number of ether oxygens (including phenoxy) is 1. The summed E-state index contributed by atoms with van der Waals surface area (Å²) in [6.45, 7) is 20.1. The Morgan fingerprint density at radius 3 is 2.07 bits per heavy atom. The second kappa shape index (κ2) is 10.9. The summed E-state index contributed by atoms with van der Waals surface area (Å²) >= 11 is -2.45. The van der Waals surface area contributed by atoms with E-state index in [1.165, 1.54) is 57.0 Å². The van der Waals surface area contributed by atoms with Crippen LogP contribution in [0.1, 0.15) is 59.3 Å². The van der Waals surface area contributed by atoms with Crippen molar-refractivity contribution < 1.29 is 9.53 Å². The third-order valence-electron chi connectivity index (χ3n) is 7.08. The summed E-state index contributed by atoms with van der Waals surface area (Å²) in [7, 11) is -1.48. The van der Waals surface area contributed by atoms with E-state index in [1.54, 1.807) is 5.57 Å². The van der Waals surface area contributed by atoms with Crippen LogP contribution in [0.25, 0.3) is 0 Å². The number of hydrogen-bond donors (Lipinski definition) is 0. The number of carbonyl (C=O) groups is 1. The molecule has 2 heterocycles. The Labute approximate surface area is 185 Å². The first-order chi connectivity index (χ1) is 13.7. The molecule has 2 atom stereocenters. The Bertz CT molecular complexity index is 589. The molecule has 0 N–H and O–H groups in total. The summed E-state index contributed by atoms with van der Waals surface area (Å²) < 4.78 is 12.8. The summed E-state index contributed by atoms with van der Waals surface area (Å²) in [6.07, 6.45) is 7.89. The molecule has 0 spiro atoms. The number of amides is 1. The van der Waals surface area contributed by atoms with Crippen LogP contribution in [-0.2, 0) is 4.74 Å². The van der Waals surface area contributed by atoms with Gasteiger partial charge in [0.2, 0.25) is 0 Å². The zero-order valence-electron chi connectivity index (χ0n) is 20.0. The van der Waals surface area contributed by atoms with Crippen LogP contribution >= 0.6 is 0 Å². The Kier molecular flexibility index (Phi) is 9.39. The van der Waals surface area contributed by atoms with Gasteiger partial charge in [0.1, 0.15) is 0 Å². The number of unbranched alkanes of at least 4 members (excludes halogenated alkanes) is 3. The van der Waals surface area contributed by atoms with Gasteiger partial charge in [-0.2, -0.15) is 0 Å². The molecule has 0 aromatic rings. The van der Waals surface area contributed by atoms with Gasteiger partial charge in [0.15, 0.2) is 0 Å². The van der Waals surface area contributed by atoms with Crippen LogP contribution in [0.4, 0.5) is 4.79 Å². The first-order valence-corrected chi connectivity index (χ1v) is 23.2. The van der Waals surface area contributed by atoms with E-state index >= 15 is 0 Å². The molecule has 2 aliphatic heterocycles. The third kappa shape index (κ3) is 6.15. The summed E-state index contributed by atoms with van der Waals surface area (Å²) in [5.41, 5.74) is 1.54. The molecule has 0 aliphatic carbocycles. The maximum absolute atomic E-state index is 12.4. The molecule has 0 bridgehead atoms. The first-order valence-electron chi connectivity index (χ1n) is 12.0. The molecule has 1 amide bonds. The zero-order chi connectivity index (χ0) is 21.7. The van der Waals surface area contributed by atoms with E-state index in [2.05, 4.69) is 51.1 Å². The van der Waals surface area contributed by atoms with Crippen LogP contribution in [0.3, 0.4) is 0 Å². The van der Waals surface area contributed by atoms with Gasteiger partial charge in [-0.05, 0) is 0 Å². The minimum absolute atomic E-state index is 0.108. The van der Waals surface area contributed by atoms with Crippen LogP contribution < -0.4 is 0 Å². The topological polar surface area (TPSA) is 29.5 Å². The summed E-state index contributed by atoms with van der Waals surface area (Å²) in [5, 5.41) is 1.42. The van der Waals surface area contributed by atoms with E-state index in [0.29, 0.717) is 12.5 Å². The number of fused-ring (bicyclic) bond motifs is 1. The van der Waals surface area contributed by atoms with Gasteiger partial charge in [0.25, 0.3) is 0 Å². The van der Waals surface area contributed by atoms with Gasteiger partial charge in [-0.15, -0.1) is 0 Å². The van der Waals surface area contributed by atoms with Crippen molar-refractivity contribution >= 4 is 32.5 Å². The van der Waals surface area contributed by atoms with Crippen molar-refractivity contribution in [2.45, 2.75) is 98.3 Å². The SMILES string of the molecule is C=C(C1CN2C(=O)OC[C@@H]2/C1=[CH]/[Sn]([CH2]CCC)([CH2]CCC)[CH2]CCC)[Si](C)(C)C. The van der Waals surface area contributed by atoms with Crippen molar-refractivity contribution in [2.75, 3.05) is 13.2 Å². The number of cyclic esters (lactones) is 1. The van der Waals surface area contributed by atoms with Crippen LogP contribution in [0.5, 0.6) is 0 Å².